The van der Waals surface area contributed by atoms with Crippen molar-refractivity contribution in [3.63, 3.8) is 0 Å². The number of hydrogen-bond acceptors (Lipinski definition) is 2. The summed E-state index contributed by atoms with van der Waals surface area (Å²) in [6.45, 7) is 0. The summed E-state index contributed by atoms with van der Waals surface area (Å²) in [5.41, 5.74) is 12.0. The Hall–Kier alpha value is -6.06. The van der Waals surface area contributed by atoms with Crippen LogP contribution in [0, 0.1) is 0 Å². The van der Waals surface area contributed by atoms with Gasteiger partial charge in [-0.3, -0.25) is 0 Å². The lowest BCUT2D eigenvalue weighted by Crippen LogP contribution is -1.88. The highest BCUT2D eigenvalue weighted by Gasteiger charge is 2.10. The largest absolute Gasteiger partial charge is 0.144 e. The molecule has 0 fully saturated rings. The quantitative estimate of drug-likeness (QED) is 0.125. The molecule has 248 valence electrons. The number of thiophene rings is 2. The fraction of sp³-hybridized carbons (Fsp3) is 0. The molecule has 0 saturated heterocycles. The lowest BCUT2D eigenvalue weighted by Gasteiger charge is -2.10. The van der Waals surface area contributed by atoms with Gasteiger partial charge in [-0.2, -0.15) is 0 Å². The first-order valence-corrected chi connectivity index (χ1v) is 19.2. The average Bonchev–Trinajstić information content (AvgIpc) is 3.95. The first-order chi connectivity index (χ1) is 25.8. The van der Waals surface area contributed by atoms with Crippen LogP contribution in [0.25, 0.3) is 58.4 Å². The zero-order valence-electron chi connectivity index (χ0n) is 28.6. The fourth-order valence-electron chi connectivity index (χ4n) is 6.59. The Bertz CT molecular complexity index is 2530. The number of fused-ring (bicyclic) bond motifs is 1. The molecule has 6 aromatic carbocycles. The predicted molar refractivity (Wildman–Crippen MR) is 230 cm³/mol. The van der Waals surface area contributed by atoms with Crippen LogP contribution in [0.1, 0.15) is 54.3 Å². The lowest BCUT2D eigenvalue weighted by molar-refractivity contribution is 1.58. The molecule has 0 bridgehead atoms. The molecule has 0 unspecified atom stereocenters. The zero-order valence-corrected chi connectivity index (χ0v) is 30.2. The standard InChI is InChI=1S/C50H36S2/c1-3-17-39(18-4-1)47(49-25-13-33-51-49)35-43-22-9-7-15-37(43)27-28-42-30-29-41-21-11-12-24-45(41)46(42)32-31-38-16-8-10-23-44(38)36-48(50-26-14-34-52-50)40-19-5-2-6-20-40/h1-36H/b28-27?,32-31-,47-35+,48-36+. The third-order valence-electron chi connectivity index (χ3n) is 9.21. The second kappa shape index (κ2) is 15.9. The number of hydrogen-bond donors (Lipinski definition) is 0. The molecule has 0 aliphatic rings. The minimum absolute atomic E-state index is 1.17. The molecule has 0 aliphatic carbocycles. The first-order valence-electron chi connectivity index (χ1n) is 17.5. The Labute approximate surface area is 314 Å². The average molecular weight is 701 g/mol. The minimum Gasteiger partial charge on any atom is -0.144 e. The molecular formula is C50H36S2. The summed E-state index contributed by atoms with van der Waals surface area (Å²) in [5.74, 6) is 0. The van der Waals surface area contributed by atoms with Crippen molar-refractivity contribution in [1.82, 2.24) is 0 Å². The van der Waals surface area contributed by atoms with Gasteiger partial charge in [-0.25, -0.2) is 0 Å². The van der Waals surface area contributed by atoms with Crippen LogP contribution >= 0.6 is 22.7 Å². The molecule has 0 saturated carbocycles. The molecule has 2 heteroatoms. The number of benzene rings is 6. The Morgan fingerprint density at radius 2 is 0.808 bits per heavy atom. The molecule has 8 aromatic rings. The molecule has 2 aromatic heterocycles. The van der Waals surface area contributed by atoms with E-state index in [-0.39, 0.29) is 0 Å². The van der Waals surface area contributed by atoms with Crippen LogP contribution in [-0.2, 0) is 0 Å². The molecule has 8 rings (SSSR count). The normalized spacial score (nSPS) is 12.3. The van der Waals surface area contributed by atoms with Gasteiger partial charge in [0.25, 0.3) is 0 Å². The maximum Gasteiger partial charge on any atom is 0.0348 e. The zero-order chi connectivity index (χ0) is 35.0. The summed E-state index contributed by atoms with van der Waals surface area (Å²) in [6, 6.07) is 60.5. The van der Waals surface area contributed by atoms with E-state index < -0.39 is 0 Å². The van der Waals surface area contributed by atoms with E-state index in [1.165, 1.54) is 76.2 Å². The van der Waals surface area contributed by atoms with Crippen molar-refractivity contribution in [2.75, 3.05) is 0 Å². The van der Waals surface area contributed by atoms with Gasteiger partial charge in [0.15, 0.2) is 0 Å². The SMILES string of the molecule is C(=Cc1ccc2ccccc2c1/C=C\c1ccccc1/C=C(\c1ccccc1)c1cccs1)c1ccccc1/C=C(\c1ccccc1)c1cccs1. The van der Waals surface area contributed by atoms with Crippen molar-refractivity contribution in [2.45, 2.75) is 0 Å². The van der Waals surface area contributed by atoms with E-state index in [2.05, 4.69) is 217 Å². The van der Waals surface area contributed by atoms with Crippen LogP contribution in [-0.4, -0.2) is 0 Å². The molecule has 0 nitrogen and oxygen atoms in total. The summed E-state index contributed by atoms with van der Waals surface area (Å²) in [4.78, 5) is 2.52. The van der Waals surface area contributed by atoms with Gasteiger partial charge in [0.05, 0.1) is 0 Å². The van der Waals surface area contributed by atoms with E-state index in [0.29, 0.717) is 0 Å². The predicted octanol–water partition coefficient (Wildman–Crippen LogP) is 14.5. The minimum atomic E-state index is 1.17. The van der Waals surface area contributed by atoms with Crippen molar-refractivity contribution in [3.8, 4) is 0 Å². The summed E-state index contributed by atoms with van der Waals surface area (Å²) < 4.78 is 0. The Balaban J connectivity index is 1.19. The molecule has 0 N–H and O–H groups in total. The van der Waals surface area contributed by atoms with Gasteiger partial charge in [-0.1, -0.05) is 182 Å². The van der Waals surface area contributed by atoms with Crippen LogP contribution in [0.15, 0.2) is 181 Å². The van der Waals surface area contributed by atoms with Crippen LogP contribution in [0.4, 0.5) is 0 Å². The van der Waals surface area contributed by atoms with Crippen molar-refractivity contribution in [3.05, 3.63) is 235 Å². The van der Waals surface area contributed by atoms with E-state index in [4.69, 9.17) is 0 Å². The first kappa shape index (κ1) is 33.1. The second-order valence-corrected chi connectivity index (χ2v) is 14.4. The molecule has 0 radical (unpaired) electrons. The van der Waals surface area contributed by atoms with Crippen molar-refractivity contribution >= 4 is 81.0 Å². The van der Waals surface area contributed by atoms with Gasteiger partial charge < -0.3 is 0 Å². The molecule has 2 heterocycles. The summed E-state index contributed by atoms with van der Waals surface area (Å²) >= 11 is 3.55. The summed E-state index contributed by atoms with van der Waals surface area (Å²) in [5, 5.41) is 6.75. The lowest BCUT2D eigenvalue weighted by atomic mass is 9.95. The molecule has 0 aliphatic heterocycles. The third kappa shape index (κ3) is 7.50. The maximum absolute atomic E-state index is 2.33. The van der Waals surface area contributed by atoms with Gasteiger partial charge in [0.1, 0.15) is 0 Å². The van der Waals surface area contributed by atoms with Gasteiger partial charge >= 0.3 is 0 Å². The van der Waals surface area contributed by atoms with Crippen LogP contribution in [0.2, 0.25) is 0 Å². The van der Waals surface area contributed by atoms with E-state index in [1.807, 2.05) is 0 Å². The third-order valence-corrected chi connectivity index (χ3v) is 11.0. The van der Waals surface area contributed by atoms with Crippen LogP contribution < -0.4 is 0 Å². The number of rotatable bonds is 10. The van der Waals surface area contributed by atoms with Gasteiger partial charge in [0.2, 0.25) is 0 Å². The molecular weight excluding hydrogens is 665 g/mol. The smallest absolute Gasteiger partial charge is 0.0348 e. The monoisotopic (exact) mass is 700 g/mol. The molecule has 0 atom stereocenters. The Morgan fingerprint density at radius 3 is 1.35 bits per heavy atom. The molecule has 0 amide bonds. The van der Waals surface area contributed by atoms with Gasteiger partial charge in [0, 0.05) is 9.75 Å². The summed E-state index contributed by atoms with van der Waals surface area (Å²) in [6.07, 6.45) is 13.7. The van der Waals surface area contributed by atoms with Gasteiger partial charge in [-0.15, -0.1) is 22.7 Å². The van der Waals surface area contributed by atoms with E-state index in [0.717, 1.165) is 0 Å². The molecule has 0 spiro atoms. The Kier molecular flexibility index (Phi) is 10.1. The van der Waals surface area contributed by atoms with Crippen LogP contribution in [0.3, 0.4) is 0 Å². The van der Waals surface area contributed by atoms with Crippen molar-refractivity contribution < 1.29 is 0 Å². The van der Waals surface area contributed by atoms with E-state index >= 15 is 0 Å². The highest BCUT2D eigenvalue weighted by Crippen LogP contribution is 2.33. The van der Waals surface area contributed by atoms with Gasteiger partial charge in [-0.05, 0) is 101 Å². The maximum atomic E-state index is 2.33. The van der Waals surface area contributed by atoms with E-state index in [1.54, 1.807) is 22.7 Å². The highest BCUT2D eigenvalue weighted by molar-refractivity contribution is 7.11. The van der Waals surface area contributed by atoms with Crippen molar-refractivity contribution in [2.24, 2.45) is 0 Å². The fourth-order valence-corrected chi connectivity index (χ4v) is 8.12. The van der Waals surface area contributed by atoms with Crippen molar-refractivity contribution in [1.29, 1.82) is 0 Å². The second-order valence-electron chi connectivity index (χ2n) is 12.5. The summed E-state index contributed by atoms with van der Waals surface area (Å²) in [7, 11) is 0. The van der Waals surface area contributed by atoms with E-state index in [9.17, 15) is 0 Å². The topological polar surface area (TPSA) is 0 Å². The molecule has 52 heavy (non-hydrogen) atoms. The Morgan fingerprint density at radius 1 is 0.346 bits per heavy atom. The van der Waals surface area contributed by atoms with Crippen LogP contribution in [0.5, 0.6) is 0 Å². The highest BCUT2D eigenvalue weighted by atomic mass is 32.1.